The zero-order chi connectivity index (χ0) is 10.3. The van der Waals surface area contributed by atoms with E-state index in [1.54, 1.807) is 0 Å². The molecule has 0 fully saturated rings. The molecule has 0 aliphatic rings. The molecule has 0 atom stereocenters. The molecule has 13 heavy (non-hydrogen) atoms. The van der Waals surface area contributed by atoms with E-state index in [1.807, 2.05) is 0 Å². The van der Waals surface area contributed by atoms with Gasteiger partial charge < -0.3 is 4.74 Å². The Kier molecular flexibility index (Phi) is 7.37. The van der Waals surface area contributed by atoms with Gasteiger partial charge in [0.1, 0.15) is 0 Å². The van der Waals surface area contributed by atoms with E-state index in [0.29, 0.717) is 5.04 Å². The molecular formula is C10H23BrOSi. The van der Waals surface area contributed by atoms with Gasteiger partial charge >= 0.3 is 0 Å². The summed E-state index contributed by atoms with van der Waals surface area (Å²) in [5.41, 5.74) is 0. The van der Waals surface area contributed by atoms with Crippen LogP contribution in [0.3, 0.4) is 0 Å². The lowest BCUT2D eigenvalue weighted by Gasteiger charge is -2.27. The third kappa shape index (κ3) is 6.69. The normalized spacial score (nSPS) is 12.5. The van der Waals surface area contributed by atoms with Crippen LogP contribution in [0.15, 0.2) is 0 Å². The predicted molar refractivity (Wildman–Crippen MR) is 66.8 cm³/mol. The summed E-state index contributed by atoms with van der Waals surface area (Å²) in [6.45, 7) is 11.3. The first-order valence-electron chi connectivity index (χ1n) is 5.14. The molecule has 0 unspecified atom stereocenters. The molecule has 0 saturated carbocycles. The second kappa shape index (κ2) is 7.02. The Morgan fingerprint density at radius 3 is 2.31 bits per heavy atom. The van der Waals surface area contributed by atoms with Crippen molar-refractivity contribution in [2.75, 3.05) is 18.5 Å². The van der Waals surface area contributed by atoms with Crippen LogP contribution in [0.4, 0.5) is 0 Å². The topological polar surface area (TPSA) is 9.23 Å². The van der Waals surface area contributed by atoms with Crippen LogP contribution in [0.25, 0.3) is 0 Å². The third-order valence-electron chi connectivity index (χ3n) is 2.71. The molecule has 0 aliphatic carbocycles. The highest BCUT2D eigenvalue weighted by Crippen LogP contribution is 2.28. The average molecular weight is 267 g/mol. The molecule has 0 N–H and O–H groups in total. The first kappa shape index (κ1) is 13.7. The van der Waals surface area contributed by atoms with E-state index in [9.17, 15) is 0 Å². The minimum absolute atomic E-state index is 0.453. The van der Waals surface area contributed by atoms with Crippen LogP contribution in [0.1, 0.15) is 26.7 Å². The van der Waals surface area contributed by atoms with E-state index >= 15 is 0 Å². The highest BCUT2D eigenvalue weighted by Gasteiger charge is 2.23. The van der Waals surface area contributed by atoms with Gasteiger partial charge in [-0.15, -0.1) is 0 Å². The Bertz CT molecular complexity index is 126. The number of ether oxygens (including phenoxy) is 1. The summed E-state index contributed by atoms with van der Waals surface area (Å²) < 4.78 is 5.68. The lowest BCUT2D eigenvalue weighted by molar-refractivity contribution is 0.111. The fraction of sp³-hybridized carbons (Fsp3) is 1.00. The molecule has 3 heteroatoms. The molecule has 0 aromatic rings. The summed E-state index contributed by atoms with van der Waals surface area (Å²) in [7, 11) is -0.573. The van der Waals surface area contributed by atoms with Crippen LogP contribution >= 0.6 is 15.9 Å². The predicted octanol–water partition coefficient (Wildman–Crippen LogP) is 3.45. The van der Waals surface area contributed by atoms with Crippen molar-refractivity contribution in [1.29, 1.82) is 0 Å². The molecule has 0 radical (unpaired) electrons. The Morgan fingerprint density at radius 2 is 1.85 bits per heavy atom. The minimum Gasteiger partial charge on any atom is -0.381 e. The van der Waals surface area contributed by atoms with Crippen LogP contribution in [0.5, 0.6) is 0 Å². The van der Waals surface area contributed by atoms with Gasteiger partial charge in [0.25, 0.3) is 0 Å². The number of unbranched alkanes of at least 4 members (excludes halogenated alkanes) is 1. The zero-order valence-corrected chi connectivity index (χ0v) is 12.1. The van der Waals surface area contributed by atoms with Crippen molar-refractivity contribution in [3.05, 3.63) is 0 Å². The summed E-state index contributed by atoms with van der Waals surface area (Å²) in [6, 6.07) is 0. The van der Waals surface area contributed by atoms with Gasteiger partial charge in [-0.2, -0.15) is 0 Å². The van der Waals surface area contributed by atoms with Gasteiger partial charge in [-0.1, -0.05) is 42.9 Å². The van der Waals surface area contributed by atoms with Crippen molar-refractivity contribution in [2.24, 2.45) is 0 Å². The van der Waals surface area contributed by atoms with Gasteiger partial charge in [0.05, 0.1) is 0 Å². The summed E-state index contributed by atoms with van der Waals surface area (Å²) in [5, 5.41) is 1.55. The first-order valence-corrected chi connectivity index (χ1v) is 9.15. The molecule has 0 rings (SSSR count). The van der Waals surface area contributed by atoms with Gasteiger partial charge in [0.2, 0.25) is 0 Å². The van der Waals surface area contributed by atoms with Crippen LogP contribution < -0.4 is 0 Å². The fourth-order valence-electron chi connectivity index (χ4n) is 0.801. The molecule has 0 aromatic carbocycles. The Labute approximate surface area is 93.0 Å². The van der Waals surface area contributed by atoms with E-state index in [0.717, 1.165) is 18.5 Å². The monoisotopic (exact) mass is 266 g/mol. The first-order chi connectivity index (χ1) is 6.00. The molecular weight excluding hydrogens is 244 g/mol. The Morgan fingerprint density at radius 1 is 1.23 bits per heavy atom. The smallest absolute Gasteiger partial charge is 0.0490 e. The third-order valence-corrected chi connectivity index (χ3v) is 6.56. The van der Waals surface area contributed by atoms with E-state index < -0.39 is 8.80 Å². The molecule has 0 saturated heterocycles. The van der Waals surface area contributed by atoms with Crippen molar-refractivity contribution >= 4 is 24.7 Å². The van der Waals surface area contributed by atoms with Crippen LogP contribution in [-0.2, 0) is 4.74 Å². The summed E-state index contributed by atoms with van der Waals surface area (Å²) in [4.78, 5) is 0. The molecule has 0 heterocycles. The molecule has 1 nitrogen and oxygen atoms in total. The maximum atomic E-state index is 5.68. The number of hydrogen-bond acceptors (Lipinski definition) is 1. The fourth-order valence-corrected chi connectivity index (χ4v) is 1.65. The molecule has 0 aromatic heterocycles. The molecule has 0 bridgehead atoms. The largest absolute Gasteiger partial charge is 0.381 e. The molecule has 0 amide bonds. The quantitative estimate of drug-likeness (QED) is 0.390. The Hall–Kier alpha value is 0.657. The molecule has 80 valence electrons. The van der Waals surface area contributed by atoms with Gasteiger partial charge in [-0.25, -0.2) is 0 Å². The standard InChI is InChI=1S/C10H23BrOSi/c1-10(2,13(3)4)9-12-8-6-5-7-11/h13H,5-9H2,1-4H3. The second-order valence-corrected chi connectivity index (χ2v) is 9.26. The van der Waals surface area contributed by atoms with Crippen LogP contribution in [0, 0.1) is 0 Å². The molecule has 0 spiro atoms. The maximum Gasteiger partial charge on any atom is 0.0490 e. The number of alkyl halides is 1. The van der Waals surface area contributed by atoms with Gasteiger partial charge in [0, 0.05) is 27.3 Å². The lowest BCUT2D eigenvalue weighted by atomic mass is 10.2. The second-order valence-electron chi connectivity index (χ2n) is 4.59. The van der Waals surface area contributed by atoms with Crippen molar-refractivity contribution < 1.29 is 4.74 Å². The minimum atomic E-state index is -0.573. The van der Waals surface area contributed by atoms with Gasteiger partial charge in [0.15, 0.2) is 0 Å². The van der Waals surface area contributed by atoms with Gasteiger partial charge in [-0.3, -0.25) is 0 Å². The number of hydrogen-bond donors (Lipinski definition) is 0. The lowest BCUT2D eigenvalue weighted by Crippen LogP contribution is -2.26. The highest BCUT2D eigenvalue weighted by atomic mass is 79.9. The van der Waals surface area contributed by atoms with E-state index in [4.69, 9.17) is 4.74 Å². The van der Waals surface area contributed by atoms with E-state index in [1.165, 1.54) is 12.8 Å². The van der Waals surface area contributed by atoms with Crippen LogP contribution in [0.2, 0.25) is 18.1 Å². The number of rotatable bonds is 7. The zero-order valence-electron chi connectivity index (χ0n) is 9.40. The number of halogens is 1. The van der Waals surface area contributed by atoms with Crippen molar-refractivity contribution in [3.63, 3.8) is 0 Å². The highest BCUT2D eigenvalue weighted by molar-refractivity contribution is 9.09. The van der Waals surface area contributed by atoms with E-state index in [-0.39, 0.29) is 0 Å². The average Bonchev–Trinajstić information content (AvgIpc) is 2.03. The molecule has 0 aliphatic heterocycles. The van der Waals surface area contributed by atoms with Crippen LogP contribution in [-0.4, -0.2) is 27.3 Å². The van der Waals surface area contributed by atoms with Crippen molar-refractivity contribution in [2.45, 2.75) is 44.8 Å². The van der Waals surface area contributed by atoms with E-state index in [2.05, 4.69) is 42.9 Å². The maximum absolute atomic E-state index is 5.68. The SMILES string of the molecule is C[SiH](C)C(C)(C)COCCCCBr. The van der Waals surface area contributed by atoms with Crippen molar-refractivity contribution in [1.82, 2.24) is 0 Å². The van der Waals surface area contributed by atoms with Crippen molar-refractivity contribution in [3.8, 4) is 0 Å². The summed E-state index contributed by atoms with van der Waals surface area (Å²) >= 11 is 3.42. The summed E-state index contributed by atoms with van der Waals surface area (Å²) in [5.74, 6) is 0. The Balaban J connectivity index is 3.41. The van der Waals surface area contributed by atoms with Gasteiger partial charge in [-0.05, 0) is 17.9 Å². The summed E-state index contributed by atoms with van der Waals surface area (Å²) in [6.07, 6.45) is 2.40.